The summed E-state index contributed by atoms with van der Waals surface area (Å²) >= 11 is 0. The summed E-state index contributed by atoms with van der Waals surface area (Å²) in [7, 11) is 0. The molecule has 0 unspecified atom stereocenters. The average molecular weight is 460 g/mol. The van der Waals surface area contributed by atoms with Gasteiger partial charge in [0.25, 0.3) is 5.91 Å². The summed E-state index contributed by atoms with van der Waals surface area (Å²) in [6, 6.07) is 2.72. The number of nitrogens with one attached hydrogen (secondary N) is 2. The molecule has 2 saturated heterocycles. The van der Waals surface area contributed by atoms with Gasteiger partial charge in [0.2, 0.25) is 17.7 Å². The maximum atomic E-state index is 13.1. The van der Waals surface area contributed by atoms with Gasteiger partial charge in [-0.2, -0.15) is 0 Å². The molecule has 2 fully saturated rings. The van der Waals surface area contributed by atoms with Gasteiger partial charge in [-0.3, -0.25) is 14.4 Å². The third-order valence-electron chi connectivity index (χ3n) is 6.16. The monoisotopic (exact) mass is 459 g/mol. The van der Waals surface area contributed by atoms with Crippen LogP contribution in [-0.4, -0.2) is 96.6 Å². The Kier molecular flexibility index (Phi) is 6.85. The first-order valence-electron chi connectivity index (χ1n) is 11.5. The quantitative estimate of drug-likeness (QED) is 0.610. The van der Waals surface area contributed by atoms with Gasteiger partial charge in [0.1, 0.15) is 18.8 Å². The molecule has 10 nitrogen and oxygen atoms in total. The van der Waals surface area contributed by atoms with Crippen molar-refractivity contribution in [3.63, 3.8) is 0 Å². The summed E-state index contributed by atoms with van der Waals surface area (Å²) in [6.45, 7) is 8.47. The highest BCUT2D eigenvalue weighted by atomic mass is 16.5. The molecular weight excluding hydrogens is 426 g/mol. The Bertz CT molecular complexity index is 901. The molecule has 1 aromatic rings. The van der Waals surface area contributed by atoms with Crippen molar-refractivity contribution in [2.24, 2.45) is 5.41 Å². The number of nitrogens with zero attached hydrogens (tertiary/aromatic N) is 3. The van der Waals surface area contributed by atoms with Gasteiger partial charge in [0.05, 0.1) is 18.2 Å². The van der Waals surface area contributed by atoms with Crippen LogP contribution in [0, 0.1) is 5.41 Å². The number of fused-ring (bicyclic) bond motifs is 3. The van der Waals surface area contributed by atoms with E-state index < -0.39 is 0 Å². The summed E-state index contributed by atoms with van der Waals surface area (Å²) in [6.07, 6.45) is 1.68. The minimum absolute atomic E-state index is 0.0616. The standard InChI is InChI=1S/C23H33N5O5/c1-23(2,3)9-19(29)27-7-8-28-15(12-27)13-33-22-16(5-4-6-25-22)21(31)26-17-10-24-11-18(17)32-14-20(28)30/h4-6,15,17-18,24H,7-14H2,1-3H3,(H,26,31)/t15-,17+,18-/m0/s1. The van der Waals surface area contributed by atoms with Gasteiger partial charge in [-0.25, -0.2) is 4.98 Å². The zero-order chi connectivity index (χ0) is 23.6. The van der Waals surface area contributed by atoms with Crippen LogP contribution in [0.5, 0.6) is 5.88 Å². The number of carbonyl (C=O) groups is 3. The van der Waals surface area contributed by atoms with Crippen LogP contribution in [0.15, 0.2) is 18.3 Å². The van der Waals surface area contributed by atoms with Crippen molar-refractivity contribution < 1.29 is 23.9 Å². The molecule has 10 heteroatoms. The lowest BCUT2D eigenvalue weighted by Crippen LogP contribution is -2.59. The summed E-state index contributed by atoms with van der Waals surface area (Å²) in [5.74, 6) is -0.174. The molecule has 0 aliphatic carbocycles. The van der Waals surface area contributed by atoms with Crippen LogP contribution in [0.4, 0.5) is 0 Å². The molecule has 3 aliphatic heterocycles. The number of pyridine rings is 1. The molecule has 3 amide bonds. The van der Waals surface area contributed by atoms with Crippen molar-refractivity contribution >= 4 is 17.7 Å². The topological polar surface area (TPSA) is 113 Å². The molecule has 2 N–H and O–H groups in total. The van der Waals surface area contributed by atoms with Crippen LogP contribution in [0.25, 0.3) is 0 Å². The van der Waals surface area contributed by atoms with E-state index in [9.17, 15) is 14.4 Å². The van der Waals surface area contributed by atoms with E-state index in [1.54, 1.807) is 28.1 Å². The number of hydrogen-bond acceptors (Lipinski definition) is 7. The Hall–Kier alpha value is -2.72. The fourth-order valence-electron chi connectivity index (χ4n) is 4.45. The van der Waals surface area contributed by atoms with Crippen LogP contribution in [0.1, 0.15) is 37.6 Å². The molecule has 3 atom stereocenters. The molecule has 1 aromatic heterocycles. The summed E-state index contributed by atoms with van der Waals surface area (Å²) in [5, 5.41) is 6.17. The number of rotatable bonds is 1. The lowest BCUT2D eigenvalue weighted by molar-refractivity contribution is -0.149. The summed E-state index contributed by atoms with van der Waals surface area (Å²) < 4.78 is 11.9. The number of hydrogen-bond donors (Lipinski definition) is 2. The minimum Gasteiger partial charge on any atom is -0.475 e. The Morgan fingerprint density at radius 2 is 2.06 bits per heavy atom. The highest BCUT2D eigenvalue weighted by Crippen LogP contribution is 2.23. The number of ether oxygens (including phenoxy) is 2. The molecule has 0 saturated carbocycles. The van der Waals surface area contributed by atoms with Crippen LogP contribution in [0.2, 0.25) is 0 Å². The molecule has 3 aliphatic rings. The first kappa shape index (κ1) is 23.4. The summed E-state index contributed by atoms with van der Waals surface area (Å²) in [5.41, 5.74) is 0.207. The maximum Gasteiger partial charge on any atom is 0.257 e. The van der Waals surface area contributed by atoms with Gasteiger partial charge in [0.15, 0.2) is 0 Å². The first-order valence-corrected chi connectivity index (χ1v) is 11.5. The Labute approximate surface area is 194 Å². The van der Waals surface area contributed by atoms with E-state index >= 15 is 0 Å². The zero-order valence-corrected chi connectivity index (χ0v) is 19.5. The lowest BCUT2D eigenvalue weighted by Gasteiger charge is -2.42. The third kappa shape index (κ3) is 5.62. The van der Waals surface area contributed by atoms with Crippen LogP contribution in [-0.2, 0) is 14.3 Å². The smallest absolute Gasteiger partial charge is 0.257 e. The molecule has 4 heterocycles. The van der Waals surface area contributed by atoms with Crippen LogP contribution in [0.3, 0.4) is 0 Å². The second-order valence-corrected chi connectivity index (χ2v) is 10.1. The Morgan fingerprint density at radius 1 is 1.24 bits per heavy atom. The van der Waals surface area contributed by atoms with E-state index in [4.69, 9.17) is 9.47 Å². The Balaban J connectivity index is 1.57. The highest BCUT2D eigenvalue weighted by molar-refractivity contribution is 5.96. The molecular formula is C23H33N5O5. The van der Waals surface area contributed by atoms with Crippen molar-refractivity contribution in [1.82, 2.24) is 25.4 Å². The first-order chi connectivity index (χ1) is 15.7. The molecule has 4 rings (SSSR count). The van der Waals surface area contributed by atoms with Crippen molar-refractivity contribution in [1.29, 1.82) is 0 Å². The zero-order valence-electron chi connectivity index (χ0n) is 19.5. The fourth-order valence-corrected chi connectivity index (χ4v) is 4.45. The van der Waals surface area contributed by atoms with E-state index in [0.29, 0.717) is 44.7 Å². The Morgan fingerprint density at radius 3 is 2.85 bits per heavy atom. The van der Waals surface area contributed by atoms with E-state index in [1.165, 1.54) is 0 Å². The van der Waals surface area contributed by atoms with Crippen molar-refractivity contribution in [3.05, 3.63) is 23.9 Å². The number of piperazine rings is 1. The van der Waals surface area contributed by atoms with E-state index in [0.717, 1.165) is 0 Å². The largest absolute Gasteiger partial charge is 0.475 e. The fraction of sp³-hybridized carbons (Fsp3) is 0.652. The summed E-state index contributed by atoms with van der Waals surface area (Å²) in [4.78, 5) is 46.6. The van der Waals surface area contributed by atoms with Crippen molar-refractivity contribution in [2.75, 3.05) is 45.9 Å². The van der Waals surface area contributed by atoms with Gasteiger partial charge in [-0.15, -0.1) is 0 Å². The second kappa shape index (κ2) is 9.64. The molecule has 0 aromatic carbocycles. The van der Waals surface area contributed by atoms with Gasteiger partial charge in [0, 0.05) is 45.3 Å². The van der Waals surface area contributed by atoms with E-state index in [-0.39, 0.29) is 60.4 Å². The minimum atomic E-state index is -0.366. The number of amides is 3. The molecule has 0 spiro atoms. The average Bonchev–Trinajstić information content (AvgIpc) is 3.21. The van der Waals surface area contributed by atoms with Crippen molar-refractivity contribution in [2.45, 2.75) is 45.4 Å². The SMILES string of the molecule is CC(C)(C)CC(=O)N1CCN2C(=O)CO[C@H]3CNC[C@H]3NC(=O)c3cccnc3OC[C@@H]2C1. The van der Waals surface area contributed by atoms with Crippen LogP contribution >= 0.6 is 0 Å². The van der Waals surface area contributed by atoms with E-state index in [2.05, 4.69) is 15.6 Å². The second-order valence-electron chi connectivity index (χ2n) is 10.1. The van der Waals surface area contributed by atoms with Gasteiger partial charge < -0.3 is 29.9 Å². The lowest BCUT2D eigenvalue weighted by atomic mass is 9.91. The van der Waals surface area contributed by atoms with E-state index in [1.807, 2.05) is 20.8 Å². The third-order valence-corrected chi connectivity index (χ3v) is 6.16. The molecule has 180 valence electrons. The van der Waals surface area contributed by atoms with Gasteiger partial charge >= 0.3 is 0 Å². The van der Waals surface area contributed by atoms with Gasteiger partial charge in [-0.05, 0) is 17.5 Å². The number of carbonyl (C=O) groups excluding carboxylic acids is 3. The predicted octanol–water partition coefficient (Wildman–Crippen LogP) is 0.0364. The molecule has 0 bridgehead atoms. The van der Waals surface area contributed by atoms with Crippen molar-refractivity contribution in [3.8, 4) is 5.88 Å². The van der Waals surface area contributed by atoms with Gasteiger partial charge in [-0.1, -0.05) is 20.8 Å². The predicted molar refractivity (Wildman–Crippen MR) is 120 cm³/mol. The van der Waals surface area contributed by atoms with Crippen LogP contribution < -0.4 is 15.4 Å². The molecule has 0 radical (unpaired) electrons. The highest BCUT2D eigenvalue weighted by Gasteiger charge is 2.36. The maximum absolute atomic E-state index is 13.1. The molecule has 33 heavy (non-hydrogen) atoms. The normalized spacial score (nSPS) is 26.6. The number of aromatic nitrogens is 1.